The first-order valence-corrected chi connectivity index (χ1v) is 3.59. The van der Waals surface area contributed by atoms with Crippen molar-refractivity contribution in [2.24, 2.45) is 0 Å². The van der Waals surface area contributed by atoms with E-state index >= 15 is 0 Å². The average Bonchev–Trinajstić information content (AvgIpc) is 2.25. The maximum atomic E-state index is 4.91. The molecule has 0 nitrogen and oxygen atoms in total. The quantitative estimate of drug-likeness (QED) is 0.491. The van der Waals surface area contributed by atoms with Crippen LogP contribution in [0.5, 0.6) is 0 Å². The van der Waals surface area contributed by atoms with E-state index in [1.54, 1.807) is 0 Å². The number of hydrogen-bond donors (Lipinski definition) is 1. The largest absolute Gasteiger partial charge is 0.142 e. The van der Waals surface area contributed by atoms with Crippen molar-refractivity contribution in [2.75, 3.05) is 0 Å². The Labute approximate surface area is 60.0 Å². The Morgan fingerprint density at radius 2 is 2.12 bits per heavy atom. The molecule has 0 radical (unpaired) electrons. The van der Waals surface area contributed by atoms with Crippen LogP contribution >= 0.6 is 24.8 Å². The van der Waals surface area contributed by atoms with Crippen molar-refractivity contribution in [3.63, 3.8) is 0 Å². The zero-order valence-corrected chi connectivity index (χ0v) is 6.48. The third kappa shape index (κ3) is 0.955. The van der Waals surface area contributed by atoms with Gasteiger partial charge in [-0.2, -0.15) is 0 Å². The summed E-state index contributed by atoms with van der Waals surface area (Å²) in [5, 5.41) is 0. The van der Waals surface area contributed by atoms with Crippen molar-refractivity contribution in [1.29, 1.82) is 0 Å². The second-order valence-electron chi connectivity index (χ2n) is 1.91. The first kappa shape index (κ1) is 6.30. The van der Waals surface area contributed by atoms with Gasteiger partial charge in [-0.15, -0.1) is 12.6 Å². The minimum atomic E-state index is 1.01. The lowest BCUT2D eigenvalue weighted by Crippen LogP contribution is -1.67. The van der Waals surface area contributed by atoms with Crippen LogP contribution in [0.2, 0.25) is 0 Å². The summed E-state index contributed by atoms with van der Waals surface area (Å²) in [7, 11) is 0. The van der Waals surface area contributed by atoms with Crippen LogP contribution in [0.1, 0.15) is 18.9 Å². The van der Waals surface area contributed by atoms with E-state index in [-0.39, 0.29) is 0 Å². The highest BCUT2D eigenvalue weighted by atomic mass is 32.1. The highest BCUT2D eigenvalue weighted by molar-refractivity contribution is 7.81. The minimum Gasteiger partial charge on any atom is -0.142 e. The van der Waals surface area contributed by atoms with Crippen LogP contribution in [0.4, 0.5) is 0 Å². The van der Waals surface area contributed by atoms with Gasteiger partial charge in [-0.05, 0) is 12.0 Å². The zero-order valence-electron chi connectivity index (χ0n) is 4.77. The second kappa shape index (κ2) is 2.19. The molecule has 0 bridgehead atoms. The first-order chi connectivity index (χ1) is 3.77. The van der Waals surface area contributed by atoms with Crippen LogP contribution in [0.25, 0.3) is 0 Å². The lowest BCUT2D eigenvalue weighted by atomic mass is 10.3. The number of rotatable bonds is 2. The molecule has 1 aromatic carbocycles. The van der Waals surface area contributed by atoms with Crippen LogP contribution in [-0.4, -0.2) is 0 Å². The summed E-state index contributed by atoms with van der Waals surface area (Å²) >= 11 is 9.05. The predicted molar refractivity (Wildman–Crippen MR) is 40.9 cm³/mol. The average molecular weight is 144 g/mol. The summed E-state index contributed by atoms with van der Waals surface area (Å²) in [5.41, 5.74) is 1.31. The molecule has 0 aliphatic heterocycles. The van der Waals surface area contributed by atoms with Gasteiger partial charge in [0.1, 0.15) is 0 Å². The Hall–Kier alpha value is 0.180. The van der Waals surface area contributed by atoms with Gasteiger partial charge < -0.3 is 0 Å². The Kier molecular flexibility index (Phi) is 1.73. The summed E-state index contributed by atoms with van der Waals surface area (Å²) in [6.07, 6.45) is 2.30. The lowest BCUT2D eigenvalue weighted by molar-refractivity contribution is 0.934. The first-order valence-electron chi connectivity index (χ1n) is 2.74. The smallest absolute Gasteiger partial charge is 0.0557 e. The minimum absolute atomic E-state index is 1.01. The van der Waals surface area contributed by atoms with Gasteiger partial charge in [0.05, 0.1) is 4.51 Å². The summed E-state index contributed by atoms with van der Waals surface area (Å²) in [4.78, 5) is 1.07. The van der Waals surface area contributed by atoms with E-state index in [2.05, 4.69) is 19.6 Å². The van der Waals surface area contributed by atoms with Crippen molar-refractivity contribution in [3.05, 3.63) is 10.1 Å². The Bertz CT molecular complexity index is 194. The molecule has 0 aliphatic rings. The van der Waals surface area contributed by atoms with Crippen LogP contribution < -0.4 is 0 Å². The molecule has 0 saturated carbocycles. The van der Waals surface area contributed by atoms with Gasteiger partial charge in [0.2, 0.25) is 0 Å². The Morgan fingerprint density at radius 3 is 2.25 bits per heavy atom. The molecule has 0 saturated heterocycles. The van der Waals surface area contributed by atoms with E-state index < -0.39 is 0 Å². The Morgan fingerprint density at radius 1 is 1.62 bits per heavy atom. The Balaban J connectivity index is 2.54. The van der Waals surface area contributed by atoms with Gasteiger partial charge in [-0.25, -0.2) is 0 Å². The van der Waals surface area contributed by atoms with Crippen molar-refractivity contribution < 1.29 is 0 Å². The topological polar surface area (TPSA) is 0 Å². The zero-order chi connectivity index (χ0) is 6.15. The molecular weight excluding hydrogens is 136 g/mol. The molecule has 0 fully saturated rings. The van der Waals surface area contributed by atoms with E-state index in [4.69, 9.17) is 12.2 Å². The molecule has 44 valence electrons. The molecule has 0 heterocycles. The van der Waals surface area contributed by atoms with Gasteiger partial charge >= 0.3 is 0 Å². The molecule has 0 aliphatic carbocycles. The molecule has 1 aromatic rings. The molecule has 0 unspecified atom stereocenters. The monoisotopic (exact) mass is 144 g/mol. The lowest BCUT2D eigenvalue weighted by Gasteiger charge is -1.78. The molecule has 2 heteroatoms. The molecule has 8 heavy (non-hydrogen) atoms. The molecule has 0 amide bonds. The summed E-state index contributed by atoms with van der Waals surface area (Å²) in [6, 6.07) is 0. The fourth-order valence-corrected chi connectivity index (χ4v) is 1.33. The molecule has 1 rings (SSSR count). The fraction of sp³-hybridized carbons (Fsp3) is 0.500. The van der Waals surface area contributed by atoms with Crippen molar-refractivity contribution >= 4 is 24.8 Å². The summed E-state index contributed by atoms with van der Waals surface area (Å²) in [6.45, 7) is 2.15. The van der Waals surface area contributed by atoms with Crippen LogP contribution in [0.15, 0.2) is 4.90 Å². The predicted octanol–water partition coefficient (Wildman–Crippen LogP) is 2.53. The van der Waals surface area contributed by atoms with Gasteiger partial charge in [-0.3, -0.25) is 0 Å². The van der Waals surface area contributed by atoms with E-state index in [0.717, 1.165) is 15.8 Å². The van der Waals surface area contributed by atoms with E-state index in [1.165, 1.54) is 12.0 Å². The van der Waals surface area contributed by atoms with Crippen LogP contribution in [-0.2, 0) is 6.42 Å². The van der Waals surface area contributed by atoms with Gasteiger partial charge in [0.15, 0.2) is 0 Å². The number of thiol groups is 1. The number of hydrogen-bond acceptors (Lipinski definition) is 2. The standard InChI is InChI=1S/C6H8S2/c1-2-3-4-5(7)6(4)8/h7H,2-3H2,1H3. The van der Waals surface area contributed by atoms with Crippen molar-refractivity contribution in [2.45, 2.75) is 24.7 Å². The van der Waals surface area contributed by atoms with Gasteiger partial charge in [-0.1, -0.05) is 25.6 Å². The molecular formula is C6H8S2. The van der Waals surface area contributed by atoms with Crippen molar-refractivity contribution in [3.8, 4) is 0 Å². The maximum Gasteiger partial charge on any atom is 0.0557 e. The SMILES string of the molecule is CCCc1c(S)c1=S. The van der Waals surface area contributed by atoms with Gasteiger partial charge in [0, 0.05) is 4.90 Å². The van der Waals surface area contributed by atoms with Crippen LogP contribution in [0, 0.1) is 4.51 Å². The third-order valence-corrected chi connectivity index (χ3v) is 2.31. The maximum absolute atomic E-state index is 4.91. The summed E-state index contributed by atoms with van der Waals surface area (Å²) in [5.74, 6) is 0. The molecule has 0 N–H and O–H groups in total. The normalized spacial score (nSPS) is 10.8. The molecule has 0 aromatic heterocycles. The van der Waals surface area contributed by atoms with E-state index in [9.17, 15) is 0 Å². The van der Waals surface area contributed by atoms with E-state index in [1.807, 2.05) is 0 Å². The van der Waals surface area contributed by atoms with Crippen LogP contribution in [0.3, 0.4) is 0 Å². The highest BCUT2D eigenvalue weighted by Crippen LogP contribution is 2.28. The van der Waals surface area contributed by atoms with E-state index in [0.29, 0.717) is 0 Å². The van der Waals surface area contributed by atoms with Gasteiger partial charge in [0.25, 0.3) is 0 Å². The molecule has 0 atom stereocenters. The second-order valence-corrected chi connectivity index (χ2v) is 2.76. The fourth-order valence-electron chi connectivity index (χ4n) is 0.678. The van der Waals surface area contributed by atoms with Crippen molar-refractivity contribution in [1.82, 2.24) is 0 Å². The molecule has 0 spiro atoms. The third-order valence-electron chi connectivity index (χ3n) is 1.21. The highest BCUT2D eigenvalue weighted by Gasteiger charge is 2.11. The summed E-state index contributed by atoms with van der Waals surface area (Å²) < 4.78 is 1.01.